The Bertz CT molecular complexity index is 923. The molecule has 3 aromatic heterocycles. The molecule has 2 amide bonds. The number of amides is 2. The minimum atomic E-state index is -1.08. The Labute approximate surface area is 157 Å². The molecule has 26 heavy (non-hydrogen) atoms. The summed E-state index contributed by atoms with van der Waals surface area (Å²) in [6, 6.07) is 6.13. The molecule has 3 N–H and O–H groups in total. The maximum Gasteiger partial charge on any atom is 0.287 e. The Hall–Kier alpha value is -2.91. The fourth-order valence-corrected chi connectivity index (χ4v) is 3.75. The van der Waals surface area contributed by atoms with Crippen molar-refractivity contribution in [2.75, 3.05) is 0 Å². The van der Waals surface area contributed by atoms with Gasteiger partial charge in [-0.1, -0.05) is 6.07 Å². The molecule has 0 aliphatic carbocycles. The number of thiophene rings is 1. The van der Waals surface area contributed by atoms with E-state index in [0.29, 0.717) is 16.1 Å². The summed E-state index contributed by atoms with van der Waals surface area (Å²) in [4.78, 5) is 40.9. The number of ketones is 1. The highest BCUT2D eigenvalue weighted by atomic mass is 32.1. The zero-order valence-electron chi connectivity index (χ0n) is 13.4. The van der Waals surface area contributed by atoms with Crippen molar-refractivity contribution in [3.05, 3.63) is 58.5 Å². The van der Waals surface area contributed by atoms with Crippen molar-refractivity contribution >= 4 is 40.5 Å². The highest BCUT2D eigenvalue weighted by molar-refractivity contribution is 7.10. The summed E-state index contributed by atoms with van der Waals surface area (Å²) in [5, 5.41) is 6.30. The van der Waals surface area contributed by atoms with Crippen molar-refractivity contribution in [2.24, 2.45) is 5.73 Å². The van der Waals surface area contributed by atoms with Gasteiger partial charge in [0.15, 0.2) is 0 Å². The molecule has 3 heterocycles. The van der Waals surface area contributed by atoms with Crippen LogP contribution in [0, 0.1) is 0 Å². The lowest BCUT2D eigenvalue weighted by Gasteiger charge is -2.15. The standard InChI is InChI=1S/C17H14N4O3S2/c18-16(23)14(22)13(7-10-4-6-25-9-10)21-17(24)11-8-20-26-15(11)12-3-1-2-5-19-12/h1-6,8-9,13H,7H2,(H2,18,23)(H,21,24). The highest BCUT2D eigenvalue weighted by Crippen LogP contribution is 2.25. The van der Waals surface area contributed by atoms with Gasteiger partial charge in [0.25, 0.3) is 11.8 Å². The number of carbonyl (C=O) groups is 3. The first-order valence-electron chi connectivity index (χ1n) is 7.58. The number of carbonyl (C=O) groups excluding carboxylic acids is 3. The van der Waals surface area contributed by atoms with E-state index < -0.39 is 23.6 Å². The zero-order valence-corrected chi connectivity index (χ0v) is 15.0. The van der Waals surface area contributed by atoms with Crippen molar-refractivity contribution in [3.63, 3.8) is 0 Å². The summed E-state index contributed by atoms with van der Waals surface area (Å²) in [5.74, 6) is -2.43. The van der Waals surface area contributed by atoms with Crippen LogP contribution in [0.5, 0.6) is 0 Å². The van der Waals surface area contributed by atoms with Gasteiger partial charge in [0.1, 0.15) is 6.04 Å². The SMILES string of the molecule is NC(=O)C(=O)C(Cc1ccsc1)NC(=O)c1cnsc1-c1ccccn1. The van der Waals surface area contributed by atoms with Crippen molar-refractivity contribution in [3.8, 4) is 10.6 Å². The summed E-state index contributed by atoms with van der Waals surface area (Å²) in [6.07, 6.45) is 3.22. The summed E-state index contributed by atoms with van der Waals surface area (Å²) in [6.45, 7) is 0. The molecule has 0 saturated heterocycles. The number of nitrogens with two attached hydrogens (primary N) is 1. The second-order valence-corrected chi connectivity index (χ2v) is 6.96. The monoisotopic (exact) mass is 386 g/mol. The van der Waals surface area contributed by atoms with Crippen molar-refractivity contribution in [2.45, 2.75) is 12.5 Å². The van der Waals surface area contributed by atoms with E-state index in [1.54, 1.807) is 24.4 Å². The van der Waals surface area contributed by atoms with Crippen LogP contribution in [0.1, 0.15) is 15.9 Å². The molecule has 0 saturated carbocycles. The maximum atomic E-state index is 12.7. The van der Waals surface area contributed by atoms with Crippen LogP contribution in [0.25, 0.3) is 10.6 Å². The molecule has 0 fully saturated rings. The molecule has 0 radical (unpaired) electrons. The Morgan fingerprint density at radius 3 is 2.73 bits per heavy atom. The van der Waals surface area contributed by atoms with Crippen LogP contribution in [0.2, 0.25) is 0 Å². The average molecular weight is 386 g/mol. The Morgan fingerprint density at radius 1 is 1.23 bits per heavy atom. The van der Waals surface area contributed by atoms with Crippen molar-refractivity contribution < 1.29 is 14.4 Å². The van der Waals surface area contributed by atoms with Crippen LogP contribution in [0.4, 0.5) is 0 Å². The lowest BCUT2D eigenvalue weighted by atomic mass is 10.0. The Balaban J connectivity index is 1.83. The number of nitrogens with one attached hydrogen (secondary N) is 1. The van der Waals surface area contributed by atoms with Crippen molar-refractivity contribution in [1.82, 2.24) is 14.7 Å². The molecule has 132 valence electrons. The number of rotatable bonds is 7. The van der Waals surface area contributed by atoms with E-state index in [1.165, 1.54) is 17.5 Å². The number of aromatic nitrogens is 2. The van der Waals surface area contributed by atoms with E-state index >= 15 is 0 Å². The van der Waals surface area contributed by atoms with Gasteiger partial charge in [0.2, 0.25) is 5.78 Å². The third kappa shape index (κ3) is 4.01. The fourth-order valence-electron chi connectivity index (χ4n) is 2.34. The van der Waals surface area contributed by atoms with E-state index in [4.69, 9.17) is 5.73 Å². The van der Waals surface area contributed by atoms with Gasteiger partial charge in [0, 0.05) is 12.6 Å². The topological polar surface area (TPSA) is 115 Å². The zero-order chi connectivity index (χ0) is 18.5. The molecule has 0 bridgehead atoms. The van der Waals surface area contributed by atoms with Gasteiger partial charge in [-0.05, 0) is 46.1 Å². The van der Waals surface area contributed by atoms with Crippen LogP contribution in [0.15, 0.2) is 47.4 Å². The number of hydrogen-bond donors (Lipinski definition) is 2. The second kappa shape index (κ2) is 7.98. The lowest BCUT2D eigenvalue weighted by molar-refractivity contribution is -0.137. The first-order chi connectivity index (χ1) is 12.6. The number of hydrogen-bond acceptors (Lipinski definition) is 7. The molecule has 3 aromatic rings. The summed E-state index contributed by atoms with van der Waals surface area (Å²) in [5.41, 5.74) is 6.86. The number of primary amides is 1. The lowest BCUT2D eigenvalue weighted by Crippen LogP contribution is -2.47. The predicted molar refractivity (Wildman–Crippen MR) is 98.8 cm³/mol. The number of Topliss-reactive ketones (excluding diaryl/α,β-unsaturated/α-hetero) is 1. The molecule has 0 spiro atoms. The second-order valence-electron chi connectivity index (χ2n) is 5.37. The van der Waals surface area contributed by atoms with Crippen LogP contribution < -0.4 is 11.1 Å². The Morgan fingerprint density at radius 2 is 2.08 bits per heavy atom. The van der Waals surface area contributed by atoms with Gasteiger partial charge < -0.3 is 11.1 Å². The van der Waals surface area contributed by atoms with Gasteiger partial charge in [-0.25, -0.2) is 0 Å². The van der Waals surface area contributed by atoms with Gasteiger partial charge in [-0.3, -0.25) is 19.4 Å². The summed E-state index contributed by atoms with van der Waals surface area (Å²) >= 11 is 2.59. The first-order valence-corrected chi connectivity index (χ1v) is 9.29. The molecular weight excluding hydrogens is 372 g/mol. The van der Waals surface area contributed by atoms with Crippen LogP contribution >= 0.6 is 22.9 Å². The molecule has 7 nitrogen and oxygen atoms in total. The van der Waals surface area contributed by atoms with E-state index in [2.05, 4.69) is 14.7 Å². The minimum Gasteiger partial charge on any atom is -0.363 e. The number of nitrogens with zero attached hydrogens (tertiary/aromatic N) is 2. The summed E-state index contributed by atoms with van der Waals surface area (Å²) in [7, 11) is 0. The average Bonchev–Trinajstić information content (AvgIpc) is 3.32. The van der Waals surface area contributed by atoms with E-state index in [-0.39, 0.29) is 6.42 Å². The molecule has 1 unspecified atom stereocenters. The predicted octanol–water partition coefficient (Wildman–Crippen LogP) is 1.66. The smallest absolute Gasteiger partial charge is 0.287 e. The van der Waals surface area contributed by atoms with Gasteiger partial charge in [-0.2, -0.15) is 15.7 Å². The molecule has 0 aliphatic rings. The molecule has 0 aliphatic heterocycles. The van der Waals surface area contributed by atoms with Crippen LogP contribution in [-0.4, -0.2) is 33.0 Å². The van der Waals surface area contributed by atoms with Gasteiger partial charge in [0.05, 0.1) is 22.3 Å². The number of pyridine rings is 1. The van der Waals surface area contributed by atoms with E-state index in [1.807, 2.05) is 16.8 Å². The molecular formula is C17H14N4O3S2. The quantitative estimate of drug-likeness (QED) is 0.599. The largest absolute Gasteiger partial charge is 0.363 e. The van der Waals surface area contributed by atoms with Crippen molar-refractivity contribution in [1.29, 1.82) is 0 Å². The Kier molecular flexibility index (Phi) is 5.49. The van der Waals surface area contributed by atoms with Gasteiger partial charge in [-0.15, -0.1) is 0 Å². The third-order valence-electron chi connectivity index (χ3n) is 3.60. The molecule has 1 atom stereocenters. The van der Waals surface area contributed by atoms with Gasteiger partial charge >= 0.3 is 0 Å². The van der Waals surface area contributed by atoms with Crippen LogP contribution in [-0.2, 0) is 16.0 Å². The highest BCUT2D eigenvalue weighted by Gasteiger charge is 2.27. The molecule has 0 aromatic carbocycles. The normalized spacial score (nSPS) is 11.7. The molecule has 3 rings (SSSR count). The first kappa shape index (κ1) is 17.9. The fraction of sp³-hybridized carbons (Fsp3) is 0.118. The summed E-state index contributed by atoms with van der Waals surface area (Å²) < 4.78 is 4.05. The van der Waals surface area contributed by atoms with Crippen LogP contribution in [0.3, 0.4) is 0 Å². The third-order valence-corrected chi connectivity index (χ3v) is 5.15. The van der Waals surface area contributed by atoms with E-state index in [9.17, 15) is 14.4 Å². The maximum absolute atomic E-state index is 12.7. The molecule has 9 heteroatoms. The van der Waals surface area contributed by atoms with E-state index in [0.717, 1.165) is 17.1 Å². The minimum absolute atomic E-state index is 0.188.